The SMILES string of the molecule is CCc1cn2c(=O)n([C@@H]3O[C@H](CO)[C@@H](O)[C@H]3O)ccc2n1. The second-order valence-electron chi connectivity index (χ2n) is 5.05. The maximum atomic E-state index is 12.4. The van der Waals surface area contributed by atoms with Gasteiger partial charge < -0.3 is 20.1 Å². The predicted molar refractivity (Wildman–Crippen MR) is 71.8 cm³/mol. The third-order valence-corrected chi connectivity index (χ3v) is 3.75. The highest BCUT2D eigenvalue weighted by atomic mass is 16.6. The summed E-state index contributed by atoms with van der Waals surface area (Å²) in [6, 6.07) is 1.63. The molecule has 21 heavy (non-hydrogen) atoms. The topological polar surface area (TPSA) is 109 Å². The van der Waals surface area contributed by atoms with Crippen LogP contribution in [0.25, 0.3) is 5.65 Å². The zero-order chi connectivity index (χ0) is 15.1. The molecule has 0 bridgehead atoms. The minimum atomic E-state index is -1.29. The Bertz CT molecular complexity index is 709. The highest BCUT2D eigenvalue weighted by molar-refractivity contribution is 5.38. The third kappa shape index (κ3) is 2.16. The van der Waals surface area contributed by atoms with Crippen molar-refractivity contribution in [2.45, 2.75) is 37.9 Å². The summed E-state index contributed by atoms with van der Waals surface area (Å²) < 4.78 is 7.92. The fourth-order valence-corrected chi connectivity index (χ4v) is 2.52. The van der Waals surface area contributed by atoms with E-state index in [2.05, 4.69) is 4.98 Å². The number of nitrogens with zero attached hydrogens (tertiary/aromatic N) is 3. The number of imidazole rings is 1. The minimum absolute atomic E-state index is 0.422. The predicted octanol–water partition coefficient (Wildman–Crippen LogP) is -1.33. The summed E-state index contributed by atoms with van der Waals surface area (Å²) in [6.07, 6.45) is -0.680. The molecule has 3 heterocycles. The van der Waals surface area contributed by atoms with Crippen LogP contribution in [0.1, 0.15) is 18.8 Å². The lowest BCUT2D eigenvalue weighted by Crippen LogP contribution is -2.36. The molecule has 3 rings (SSSR count). The Morgan fingerprint density at radius 3 is 2.76 bits per heavy atom. The molecule has 3 N–H and O–H groups in total. The first-order valence-electron chi connectivity index (χ1n) is 6.78. The van der Waals surface area contributed by atoms with Crippen molar-refractivity contribution >= 4 is 5.65 Å². The Labute approximate surface area is 119 Å². The first kappa shape index (κ1) is 14.2. The third-order valence-electron chi connectivity index (χ3n) is 3.75. The van der Waals surface area contributed by atoms with Crippen LogP contribution in [-0.4, -0.2) is 54.2 Å². The number of aromatic nitrogens is 3. The lowest BCUT2D eigenvalue weighted by atomic mass is 10.1. The molecular weight excluding hydrogens is 278 g/mol. The molecule has 1 fully saturated rings. The van der Waals surface area contributed by atoms with Crippen LogP contribution < -0.4 is 5.69 Å². The van der Waals surface area contributed by atoms with E-state index in [9.17, 15) is 15.0 Å². The van der Waals surface area contributed by atoms with Gasteiger partial charge in [-0.15, -0.1) is 0 Å². The summed E-state index contributed by atoms with van der Waals surface area (Å²) in [7, 11) is 0. The van der Waals surface area contributed by atoms with E-state index >= 15 is 0 Å². The number of ether oxygens (including phenoxy) is 1. The summed E-state index contributed by atoms with van der Waals surface area (Å²) in [4.78, 5) is 16.7. The Morgan fingerprint density at radius 1 is 1.38 bits per heavy atom. The van der Waals surface area contributed by atoms with Crippen LogP contribution in [0.2, 0.25) is 0 Å². The molecule has 0 amide bonds. The molecule has 114 valence electrons. The summed E-state index contributed by atoms with van der Waals surface area (Å²) in [5, 5.41) is 28.9. The van der Waals surface area contributed by atoms with Gasteiger partial charge in [-0.2, -0.15) is 0 Å². The quantitative estimate of drug-likeness (QED) is 0.647. The molecule has 0 radical (unpaired) electrons. The van der Waals surface area contributed by atoms with E-state index in [4.69, 9.17) is 9.84 Å². The normalized spacial score (nSPS) is 29.3. The lowest BCUT2D eigenvalue weighted by molar-refractivity contribution is -0.0550. The zero-order valence-corrected chi connectivity index (χ0v) is 11.5. The van der Waals surface area contributed by atoms with Gasteiger partial charge >= 0.3 is 5.69 Å². The number of hydrogen-bond donors (Lipinski definition) is 3. The van der Waals surface area contributed by atoms with Crippen molar-refractivity contribution < 1.29 is 20.1 Å². The van der Waals surface area contributed by atoms with Gasteiger partial charge in [-0.1, -0.05) is 6.92 Å². The van der Waals surface area contributed by atoms with Gasteiger partial charge in [0.1, 0.15) is 24.0 Å². The van der Waals surface area contributed by atoms with Crippen LogP contribution >= 0.6 is 0 Å². The van der Waals surface area contributed by atoms with E-state index in [1.165, 1.54) is 15.2 Å². The fraction of sp³-hybridized carbons (Fsp3) is 0.538. The van der Waals surface area contributed by atoms with Crippen LogP contribution in [0, 0.1) is 0 Å². The summed E-state index contributed by atoms with van der Waals surface area (Å²) in [5.74, 6) is 0. The van der Waals surface area contributed by atoms with Gasteiger partial charge in [0.2, 0.25) is 0 Å². The molecule has 0 spiro atoms. The van der Waals surface area contributed by atoms with Gasteiger partial charge in [0, 0.05) is 12.4 Å². The Hall–Kier alpha value is -1.74. The molecule has 0 saturated carbocycles. The van der Waals surface area contributed by atoms with Crippen molar-refractivity contribution in [1.29, 1.82) is 0 Å². The van der Waals surface area contributed by atoms with Gasteiger partial charge in [0.15, 0.2) is 6.23 Å². The van der Waals surface area contributed by atoms with Crippen molar-refractivity contribution in [2.75, 3.05) is 6.61 Å². The molecule has 0 unspecified atom stereocenters. The maximum Gasteiger partial charge on any atom is 0.336 e. The Balaban J connectivity index is 2.05. The molecule has 4 atom stereocenters. The molecular formula is C13H17N3O5. The first-order valence-corrected chi connectivity index (χ1v) is 6.78. The van der Waals surface area contributed by atoms with Crippen molar-refractivity contribution in [3.05, 3.63) is 34.6 Å². The van der Waals surface area contributed by atoms with Gasteiger partial charge in [-0.25, -0.2) is 9.78 Å². The Kier molecular flexibility index (Phi) is 3.54. The monoisotopic (exact) mass is 295 g/mol. The van der Waals surface area contributed by atoms with Crippen molar-refractivity contribution in [1.82, 2.24) is 14.0 Å². The van der Waals surface area contributed by atoms with Crippen LogP contribution in [-0.2, 0) is 11.2 Å². The highest BCUT2D eigenvalue weighted by Crippen LogP contribution is 2.28. The molecule has 2 aromatic heterocycles. The van der Waals surface area contributed by atoms with Crippen molar-refractivity contribution in [3.63, 3.8) is 0 Å². The van der Waals surface area contributed by atoms with Crippen LogP contribution in [0.4, 0.5) is 0 Å². The fourth-order valence-electron chi connectivity index (χ4n) is 2.52. The van der Waals surface area contributed by atoms with E-state index in [0.29, 0.717) is 12.1 Å². The minimum Gasteiger partial charge on any atom is -0.394 e. The molecule has 1 aliphatic heterocycles. The van der Waals surface area contributed by atoms with Gasteiger partial charge in [0.25, 0.3) is 0 Å². The van der Waals surface area contributed by atoms with E-state index in [-0.39, 0.29) is 0 Å². The number of aryl methyl sites for hydroxylation is 1. The van der Waals surface area contributed by atoms with Crippen LogP contribution in [0.5, 0.6) is 0 Å². The lowest BCUT2D eigenvalue weighted by Gasteiger charge is -2.17. The summed E-state index contributed by atoms with van der Waals surface area (Å²) in [6.45, 7) is 1.50. The van der Waals surface area contributed by atoms with Crippen molar-refractivity contribution in [3.8, 4) is 0 Å². The largest absolute Gasteiger partial charge is 0.394 e. The van der Waals surface area contributed by atoms with Crippen molar-refractivity contribution in [2.24, 2.45) is 0 Å². The maximum absolute atomic E-state index is 12.4. The number of rotatable bonds is 3. The zero-order valence-electron chi connectivity index (χ0n) is 11.5. The smallest absolute Gasteiger partial charge is 0.336 e. The molecule has 0 aliphatic carbocycles. The number of aliphatic hydroxyl groups excluding tert-OH is 3. The molecule has 1 aliphatic rings. The van der Waals surface area contributed by atoms with Gasteiger partial charge in [0.05, 0.1) is 12.3 Å². The molecule has 1 saturated heterocycles. The summed E-state index contributed by atoms with van der Waals surface area (Å²) >= 11 is 0. The summed E-state index contributed by atoms with van der Waals surface area (Å²) in [5.41, 5.74) is 0.875. The average molecular weight is 295 g/mol. The number of aliphatic hydroxyl groups is 3. The van der Waals surface area contributed by atoms with E-state index in [0.717, 1.165) is 5.69 Å². The second kappa shape index (κ2) is 5.23. The average Bonchev–Trinajstić information content (AvgIpc) is 3.03. The molecule has 8 nitrogen and oxygen atoms in total. The second-order valence-corrected chi connectivity index (χ2v) is 5.05. The van der Waals surface area contributed by atoms with Gasteiger partial charge in [-0.3, -0.25) is 8.97 Å². The molecule has 0 aromatic carbocycles. The van der Waals surface area contributed by atoms with E-state index < -0.39 is 36.8 Å². The highest BCUT2D eigenvalue weighted by Gasteiger charge is 2.43. The number of fused-ring (bicyclic) bond motifs is 1. The van der Waals surface area contributed by atoms with E-state index in [1.807, 2.05) is 6.92 Å². The Morgan fingerprint density at radius 2 is 2.14 bits per heavy atom. The first-order chi connectivity index (χ1) is 10.1. The molecule has 2 aromatic rings. The van der Waals surface area contributed by atoms with Crippen LogP contribution in [0.3, 0.4) is 0 Å². The van der Waals surface area contributed by atoms with Gasteiger partial charge in [-0.05, 0) is 12.5 Å². The van der Waals surface area contributed by atoms with Crippen LogP contribution in [0.15, 0.2) is 23.3 Å². The molecule has 8 heteroatoms. The van der Waals surface area contributed by atoms with E-state index in [1.54, 1.807) is 12.3 Å². The standard InChI is InChI=1S/C13H17N3O5/c1-2-7-5-16-9(14-7)3-4-15(13(16)20)12-11(19)10(18)8(6-17)21-12/h3-5,8,10-12,17-19H,2,6H2,1H3/t8-,10-,11-,12-/m1/s1. The number of hydrogen-bond acceptors (Lipinski definition) is 6.